The van der Waals surface area contributed by atoms with Gasteiger partial charge in [-0.3, -0.25) is 9.59 Å². The molecule has 4 aromatic rings. The van der Waals surface area contributed by atoms with Crippen LogP contribution in [0.25, 0.3) is 21.5 Å². The van der Waals surface area contributed by atoms with Crippen LogP contribution in [-0.2, 0) is 22.4 Å². The highest BCUT2D eigenvalue weighted by Gasteiger charge is 2.21. The maximum Gasteiger partial charge on any atom is 0.240 e. The normalized spacial score (nSPS) is 12.1. The van der Waals surface area contributed by atoms with Crippen molar-refractivity contribution in [3.63, 3.8) is 0 Å². The molecule has 4 nitrogen and oxygen atoms in total. The minimum Gasteiger partial charge on any atom is -0.368 e. The first-order chi connectivity index (χ1) is 14.9. The molecule has 1 atom stereocenters. The number of hydrogen-bond acceptors (Lipinski definition) is 2. The van der Waals surface area contributed by atoms with Gasteiger partial charge in [0.1, 0.15) is 6.04 Å². The predicted octanol–water partition coefficient (Wildman–Crippen LogP) is 4.03. The summed E-state index contributed by atoms with van der Waals surface area (Å²) in [5.74, 6) is -3.18. The first-order valence-electron chi connectivity index (χ1n) is 9.84. The minimum atomic E-state index is -1.03. The smallest absolute Gasteiger partial charge is 0.240 e. The summed E-state index contributed by atoms with van der Waals surface area (Å²) in [5.41, 5.74) is 6.80. The van der Waals surface area contributed by atoms with E-state index in [1.54, 1.807) is 0 Å². The molecule has 2 amide bonds. The molecule has 0 aliphatic rings. The highest BCUT2D eigenvalue weighted by Crippen LogP contribution is 2.29. The summed E-state index contributed by atoms with van der Waals surface area (Å²) in [5, 5.41) is 6.64. The van der Waals surface area contributed by atoms with E-state index in [-0.39, 0.29) is 12.8 Å². The van der Waals surface area contributed by atoms with Crippen LogP contribution in [0.5, 0.6) is 0 Å². The van der Waals surface area contributed by atoms with E-state index in [2.05, 4.69) is 11.4 Å². The molecule has 0 spiro atoms. The van der Waals surface area contributed by atoms with Crippen LogP contribution >= 0.6 is 0 Å². The van der Waals surface area contributed by atoms with E-state index < -0.39 is 29.5 Å². The van der Waals surface area contributed by atoms with Crippen molar-refractivity contribution < 1.29 is 18.4 Å². The Balaban J connectivity index is 1.63. The molecule has 156 valence electrons. The number of amides is 2. The average Bonchev–Trinajstić information content (AvgIpc) is 2.75. The Morgan fingerprint density at radius 2 is 1.45 bits per heavy atom. The van der Waals surface area contributed by atoms with Crippen LogP contribution in [0.3, 0.4) is 0 Å². The summed E-state index contributed by atoms with van der Waals surface area (Å²) in [4.78, 5) is 24.7. The second-order valence-corrected chi connectivity index (χ2v) is 7.45. The van der Waals surface area contributed by atoms with Crippen molar-refractivity contribution >= 4 is 33.4 Å². The minimum absolute atomic E-state index is 0.197. The molecule has 0 saturated heterocycles. The summed E-state index contributed by atoms with van der Waals surface area (Å²) in [6.07, 6.45) is 0.0119. The third kappa shape index (κ3) is 4.38. The van der Waals surface area contributed by atoms with Crippen LogP contribution in [0, 0.1) is 11.6 Å². The number of carbonyl (C=O) groups excluding carboxylic acids is 2. The Labute approximate surface area is 177 Å². The number of halogens is 2. The summed E-state index contributed by atoms with van der Waals surface area (Å²) in [6.45, 7) is 0. The molecule has 0 unspecified atom stereocenters. The maximum absolute atomic E-state index is 13.4. The molecule has 0 fully saturated rings. The zero-order valence-corrected chi connectivity index (χ0v) is 16.6. The number of hydrogen-bond donors (Lipinski definition) is 2. The number of primary amides is 1. The van der Waals surface area contributed by atoms with Crippen molar-refractivity contribution in [2.75, 3.05) is 0 Å². The average molecular weight is 418 g/mol. The molecule has 31 heavy (non-hydrogen) atoms. The van der Waals surface area contributed by atoms with Crippen molar-refractivity contribution in [2.45, 2.75) is 18.9 Å². The first-order valence-corrected chi connectivity index (χ1v) is 9.84. The van der Waals surface area contributed by atoms with E-state index in [4.69, 9.17) is 5.73 Å². The number of carbonyl (C=O) groups is 2. The van der Waals surface area contributed by atoms with Gasteiger partial charge in [-0.05, 0) is 50.9 Å². The van der Waals surface area contributed by atoms with Gasteiger partial charge in [0.15, 0.2) is 11.6 Å². The van der Waals surface area contributed by atoms with Gasteiger partial charge in [-0.2, -0.15) is 0 Å². The quantitative estimate of drug-likeness (QED) is 0.464. The van der Waals surface area contributed by atoms with Crippen molar-refractivity contribution in [3.8, 4) is 0 Å². The molecule has 0 heterocycles. The molecule has 0 saturated carbocycles. The Kier molecular flexibility index (Phi) is 5.62. The highest BCUT2D eigenvalue weighted by atomic mass is 19.2. The number of nitrogens with two attached hydrogens (primary N) is 1. The van der Waals surface area contributed by atoms with Crippen molar-refractivity contribution in [2.24, 2.45) is 5.73 Å². The lowest BCUT2D eigenvalue weighted by Gasteiger charge is -2.19. The second kappa shape index (κ2) is 8.52. The molecule has 0 aliphatic heterocycles. The molecule has 0 aliphatic carbocycles. The van der Waals surface area contributed by atoms with Crippen LogP contribution in [0.4, 0.5) is 8.78 Å². The Morgan fingerprint density at radius 3 is 2.03 bits per heavy atom. The standard InChI is InChI=1S/C25H20F2N2O2/c26-21-10-9-15(11-22(21)27)12-24(30)29-23(25(28)31)14-20-18-7-3-1-5-16(18)13-17-6-2-4-8-19(17)20/h1-11,13,23H,12,14H2,(H2,28,31)(H,29,30)/t23-/m1/s1. The third-order valence-corrected chi connectivity index (χ3v) is 5.32. The van der Waals surface area contributed by atoms with E-state index in [0.717, 1.165) is 39.2 Å². The Hall–Kier alpha value is -3.80. The topological polar surface area (TPSA) is 72.2 Å². The van der Waals surface area contributed by atoms with Gasteiger partial charge in [0, 0.05) is 6.42 Å². The van der Waals surface area contributed by atoms with Gasteiger partial charge < -0.3 is 11.1 Å². The fourth-order valence-corrected chi connectivity index (χ4v) is 3.84. The monoisotopic (exact) mass is 418 g/mol. The molecule has 0 aromatic heterocycles. The molecular weight excluding hydrogens is 398 g/mol. The van der Waals surface area contributed by atoms with Crippen LogP contribution in [0.1, 0.15) is 11.1 Å². The van der Waals surface area contributed by atoms with E-state index >= 15 is 0 Å². The van der Waals surface area contributed by atoms with E-state index in [0.29, 0.717) is 5.56 Å². The zero-order valence-electron chi connectivity index (χ0n) is 16.6. The predicted molar refractivity (Wildman–Crippen MR) is 116 cm³/mol. The van der Waals surface area contributed by atoms with Crippen molar-refractivity contribution in [1.29, 1.82) is 0 Å². The largest absolute Gasteiger partial charge is 0.368 e. The lowest BCUT2D eigenvalue weighted by atomic mass is 9.92. The highest BCUT2D eigenvalue weighted by molar-refractivity contribution is 6.03. The fourth-order valence-electron chi connectivity index (χ4n) is 3.84. The summed E-state index contributed by atoms with van der Waals surface area (Å²) in [7, 11) is 0. The van der Waals surface area contributed by atoms with Gasteiger partial charge in [0.25, 0.3) is 0 Å². The summed E-state index contributed by atoms with van der Waals surface area (Å²) < 4.78 is 26.5. The van der Waals surface area contributed by atoms with Gasteiger partial charge in [-0.25, -0.2) is 8.78 Å². The molecule has 6 heteroatoms. The molecule has 4 aromatic carbocycles. The number of nitrogens with one attached hydrogen (secondary N) is 1. The third-order valence-electron chi connectivity index (χ3n) is 5.32. The van der Waals surface area contributed by atoms with Crippen LogP contribution in [-0.4, -0.2) is 17.9 Å². The van der Waals surface area contributed by atoms with Crippen LogP contribution in [0.15, 0.2) is 72.8 Å². The fraction of sp³-hybridized carbons (Fsp3) is 0.120. The number of benzene rings is 4. The van der Waals surface area contributed by atoms with Crippen LogP contribution < -0.4 is 11.1 Å². The number of fused-ring (bicyclic) bond motifs is 2. The van der Waals surface area contributed by atoms with E-state index in [9.17, 15) is 18.4 Å². The lowest BCUT2D eigenvalue weighted by molar-refractivity contribution is -0.126. The van der Waals surface area contributed by atoms with Gasteiger partial charge in [0.05, 0.1) is 6.42 Å². The van der Waals surface area contributed by atoms with Crippen molar-refractivity contribution in [3.05, 3.63) is 95.6 Å². The summed E-state index contributed by atoms with van der Waals surface area (Å²) in [6, 6.07) is 20.0. The second-order valence-electron chi connectivity index (χ2n) is 7.45. The molecule has 0 bridgehead atoms. The van der Waals surface area contributed by atoms with Crippen molar-refractivity contribution in [1.82, 2.24) is 5.32 Å². The van der Waals surface area contributed by atoms with Gasteiger partial charge in [-0.15, -0.1) is 0 Å². The lowest BCUT2D eigenvalue weighted by Crippen LogP contribution is -2.46. The molecule has 0 radical (unpaired) electrons. The number of rotatable bonds is 6. The summed E-state index contributed by atoms with van der Waals surface area (Å²) >= 11 is 0. The van der Waals surface area contributed by atoms with Gasteiger partial charge >= 0.3 is 0 Å². The van der Waals surface area contributed by atoms with Crippen LogP contribution in [0.2, 0.25) is 0 Å². The molecule has 3 N–H and O–H groups in total. The molecular formula is C25H20F2N2O2. The Morgan fingerprint density at radius 1 is 0.839 bits per heavy atom. The Bertz CT molecular complexity index is 1250. The zero-order chi connectivity index (χ0) is 22.0. The van der Waals surface area contributed by atoms with E-state index in [1.807, 2.05) is 48.5 Å². The maximum atomic E-state index is 13.4. The van der Waals surface area contributed by atoms with E-state index in [1.165, 1.54) is 6.07 Å². The SMILES string of the molecule is NC(=O)[C@@H](Cc1c2ccccc2cc2ccccc12)NC(=O)Cc1ccc(F)c(F)c1. The first kappa shape index (κ1) is 20.5. The van der Waals surface area contributed by atoms with Gasteiger partial charge in [-0.1, -0.05) is 54.6 Å². The van der Waals surface area contributed by atoms with Gasteiger partial charge in [0.2, 0.25) is 11.8 Å². The molecule has 4 rings (SSSR count).